The second-order valence-electron chi connectivity index (χ2n) is 3.46. The average Bonchev–Trinajstić information content (AvgIpc) is 2.38. The molecule has 0 radical (unpaired) electrons. The van der Waals surface area contributed by atoms with E-state index < -0.39 is 0 Å². The molecule has 0 saturated heterocycles. The lowest BCUT2D eigenvalue weighted by molar-refractivity contribution is 0.977. The third kappa shape index (κ3) is 3.32. The van der Waals surface area contributed by atoms with Crippen LogP contribution in [0, 0.1) is 0 Å². The van der Waals surface area contributed by atoms with Gasteiger partial charge in [-0.3, -0.25) is 4.79 Å². The molecular formula is C13H12N2OS. The number of H-pyrrole nitrogens is 1. The number of aromatic amines is 1. The van der Waals surface area contributed by atoms with E-state index in [4.69, 9.17) is 0 Å². The normalized spacial score (nSPS) is 10.9. The molecule has 4 heteroatoms. The van der Waals surface area contributed by atoms with Crippen LogP contribution in [0.25, 0.3) is 12.2 Å². The van der Waals surface area contributed by atoms with Crippen LogP contribution in [0.2, 0.25) is 0 Å². The number of rotatable bonds is 3. The van der Waals surface area contributed by atoms with Gasteiger partial charge in [0.05, 0.1) is 5.69 Å². The van der Waals surface area contributed by atoms with Crippen molar-refractivity contribution in [2.45, 2.75) is 4.90 Å². The van der Waals surface area contributed by atoms with Crippen LogP contribution in [0.15, 0.2) is 46.1 Å². The van der Waals surface area contributed by atoms with Gasteiger partial charge in [0.25, 0.3) is 5.56 Å². The zero-order valence-corrected chi connectivity index (χ0v) is 10.2. The molecular weight excluding hydrogens is 232 g/mol. The quantitative estimate of drug-likeness (QED) is 0.844. The van der Waals surface area contributed by atoms with Crippen molar-refractivity contribution in [1.29, 1.82) is 0 Å². The summed E-state index contributed by atoms with van der Waals surface area (Å²) in [5, 5.41) is 6.30. The van der Waals surface area contributed by atoms with Crippen LogP contribution in [0.4, 0.5) is 0 Å². The van der Waals surface area contributed by atoms with Gasteiger partial charge in [0, 0.05) is 11.0 Å². The van der Waals surface area contributed by atoms with Crippen molar-refractivity contribution in [3.05, 3.63) is 58.0 Å². The lowest BCUT2D eigenvalue weighted by atomic mass is 10.2. The Labute approximate surface area is 104 Å². The van der Waals surface area contributed by atoms with E-state index in [-0.39, 0.29) is 5.56 Å². The van der Waals surface area contributed by atoms with Crippen LogP contribution in [0.1, 0.15) is 11.3 Å². The fraction of sp³-hybridized carbons (Fsp3) is 0.0769. The monoisotopic (exact) mass is 244 g/mol. The predicted molar refractivity (Wildman–Crippen MR) is 72.0 cm³/mol. The second-order valence-corrected chi connectivity index (χ2v) is 4.34. The van der Waals surface area contributed by atoms with Crippen molar-refractivity contribution < 1.29 is 0 Å². The molecule has 1 aromatic carbocycles. The number of nitrogens with one attached hydrogen (secondary N) is 1. The first-order valence-corrected chi connectivity index (χ1v) is 6.38. The molecule has 0 bridgehead atoms. The minimum absolute atomic E-state index is 0.188. The molecule has 3 nitrogen and oxygen atoms in total. The summed E-state index contributed by atoms with van der Waals surface area (Å²) in [6, 6.07) is 11.4. The van der Waals surface area contributed by atoms with Crippen molar-refractivity contribution in [2.75, 3.05) is 6.26 Å². The van der Waals surface area contributed by atoms with E-state index in [1.54, 1.807) is 17.8 Å². The molecule has 0 spiro atoms. The molecule has 0 amide bonds. The van der Waals surface area contributed by atoms with Crippen molar-refractivity contribution in [1.82, 2.24) is 10.2 Å². The maximum atomic E-state index is 10.8. The smallest absolute Gasteiger partial charge is 0.264 e. The largest absolute Gasteiger partial charge is 0.268 e. The lowest BCUT2D eigenvalue weighted by Crippen LogP contribution is -2.05. The Kier molecular flexibility index (Phi) is 3.77. The molecule has 0 saturated carbocycles. The van der Waals surface area contributed by atoms with Crippen molar-refractivity contribution >= 4 is 23.9 Å². The first-order valence-electron chi connectivity index (χ1n) is 5.16. The first kappa shape index (κ1) is 11.7. The molecule has 1 aromatic heterocycles. The molecule has 0 atom stereocenters. The van der Waals surface area contributed by atoms with E-state index in [0.717, 1.165) is 11.3 Å². The van der Waals surface area contributed by atoms with E-state index in [1.165, 1.54) is 11.0 Å². The third-order valence-corrected chi connectivity index (χ3v) is 2.97. The summed E-state index contributed by atoms with van der Waals surface area (Å²) in [7, 11) is 0. The molecule has 86 valence electrons. The summed E-state index contributed by atoms with van der Waals surface area (Å²) in [6.07, 6.45) is 5.89. The minimum atomic E-state index is -0.188. The highest BCUT2D eigenvalue weighted by atomic mass is 32.2. The fourth-order valence-electron chi connectivity index (χ4n) is 1.37. The van der Waals surface area contributed by atoms with Gasteiger partial charge in [-0.2, -0.15) is 5.10 Å². The van der Waals surface area contributed by atoms with E-state index in [1.807, 2.05) is 30.5 Å². The van der Waals surface area contributed by atoms with Gasteiger partial charge in [0.15, 0.2) is 0 Å². The summed E-state index contributed by atoms with van der Waals surface area (Å²) in [6.45, 7) is 0. The lowest BCUT2D eigenvalue weighted by Gasteiger charge is -1.97. The van der Waals surface area contributed by atoms with Crippen molar-refractivity contribution in [3.8, 4) is 0 Å². The highest BCUT2D eigenvalue weighted by molar-refractivity contribution is 7.98. The predicted octanol–water partition coefficient (Wildman–Crippen LogP) is 2.66. The van der Waals surface area contributed by atoms with Crippen molar-refractivity contribution in [3.63, 3.8) is 0 Å². The summed E-state index contributed by atoms with van der Waals surface area (Å²) in [5.74, 6) is 0. The van der Waals surface area contributed by atoms with Gasteiger partial charge >= 0.3 is 0 Å². The summed E-state index contributed by atoms with van der Waals surface area (Å²) < 4.78 is 0. The SMILES string of the molecule is CSc1cccc(/C=C/c2ccc(=O)[nH]n2)c1. The van der Waals surface area contributed by atoms with Crippen LogP contribution in [-0.4, -0.2) is 16.5 Å². The minimum Gasteiger partial charge on any atom is -0.268 e. The van der Waals surface area contributed by atoms with Gasteiger partial charge in [-0.15, -0.1) is 11.8 Å². The van der Waals surface area contributed by atoms with Crippen LogP contribution in [-0.2, 0) is 0 Å². The van der Waals surface area contributed by atoms with Crippen molar-refractivity contribution in [2.24, 2.45) is 0 Å². The zero-order valence-electron chi connectivity index (χ0n) is 9.38. The first-order chi connectivity index (χ1) is 8.28. The summed E-state index contributed by atoms with van der Waals surface area (Å²) >= 11 is 1.71. The number of nitrogens with zero attached hydrogens (tertiary/aromatic N) is 1. The molecule has 0 aliphatic heterocycles. The molecule has 0 aliphatic rings. The number of thioether (sulfide) groups is 1. The van der Waals surface area contributed by atoms with Crippen LogP contribution >= 0.6 is 11.8 Å². The zero-order chi connectivity index (χ0) is 12.1. The number of hydrogen-bond acceptors (Lipinski definition) is 3. The van der Waals surface area contributed by atoms with Gasteiger partial charge in [0.2, 0.25) is 0 Å². The molecule has 17 heavy (non-hydrogen) atoms. The van der Waals surface area contributed by atoms with Gasteiger partial charge < -0.3 is 0 Å². The van der Waals surface area contributed by atoms with Crippen LogP contribution < -0.4 is 5.56 Å². The highest BCUT2D eigenvalue weighted by Gasteiger charge is 1.92. The Morgan fingerprint density at radius 3 is 2.82 bits per heavy atom. The molecule has 1 N–H and O–H groups in total. The molecule has 1 heterocycles. The fourth-order valence-corrected chi connectivity index (χ4v) is 1.84. The molecule has 0 fully saturated rings. The molecule has 2 aromatic rings. The Balaban J connectivity index is 2.19. The topological polar surface area (TPSA) is 45.8 Å². The van der Waals surface area contributed by atoms with Crippen LogP contribution in [0.5, 0.6) is 0 Å². The Morgan fingerprint density at radius 1 is 1.24 bits per heavy atom. The second kappa shape index (κ2) is 5.50. The number of benzene rings is 1. The van der Waals surface area contributed by atoms with Gasteiger partial charge in [-0.05, 0) is 36.1 Å². The molecule has 0 aliphatic carbocycles. The average molecular weight is 244 g/mol. The number of aromatic nitrogens is 2. The standard InChI is InChI=1S/C13H12N2OS/c1-17-12-4-2-3-10(9-12)5-6-11-7-8-13(16)15-14-11/h2-9H,1H3,(H,15,16)/b6-5+. The Bertz CT molecular complexity index is 569. The Hall–Kier alpha value is -1.81. The molecule has 0 unspecified atom stereocenters. The van der Waals surface area contributed by atoms with E-state index >= 15 is 0 Å². The van der Waals surface area contributed by atoms with Gasteiger partial charge in [-0.25, -0.2) is 5.10 Å². The summed E-state index contributed by atoms with van der Waals surface area (Å²) in [4.78, 5) is 12.1. The van der Waals surface area contributed by atoms with Crippen LogP contribution in [0.3, 0.4) is 0 Å². The van der Waals surface area contributed by atoms with E-state index in [2.05, 4.69) is 22.3 Å². The highest BCUT2D eigenvalue weighted by Crippen LogP contribution is 2.17. The van der Waals surface area contributed by atoms with Gasteiger partial charge in [-0.1, -0.05) is 18.2 Å². The maximum Gasteiger partial charge on any atom is 0.264 e. The van der Waals surface area contributed by atoms with E-state index in [0.29, 0.717) is 0 Å². The maximum absolute atomic E-state index is 10.8. The van der Waals surface area contributed by atoms with E-state index in [9.17, 15) is 4.79 Å². The Morgan fingerprint density at radius 2 is 2.12 bits per heavy atom. The third-order valence-electron chi connectivity index (χ3n) is 2.24. The molecule has 2 rings (SSSR count). The number of hydrogen-bond donors (Lipinski definition) is 1. The van der Waals surface area contributed by atoms with Gasteiger partial charge in [0.1, 0.15) is 0 Å². The summed E-state index contributed by atoms with van der Waals surface area (Å²) in [5.41, 5.74) is 1.66.